The molecule has 0 fully saturated rings. The van der Waals surface area contributed by atoms with Crippen LogP contribution in [0.4, 0.5) is 5.69 Å². The fraction of sp³-hybridized carbons (Fsp3) is 0.375. The molecule has 0 heterocycles. The fourth-order valence-electron chi connectivity index (χ4n) is 4.48. The maximum atomic E-state index is 14.2. The predicted octanol–water partition coefficient (Wildman–Crippen LogP) is 5.53. The van der Waals surface area contributed by atoms with Gasteiger partial charge in [0.05, 0.1) is 10.6 Å². The quantitative estimate of drug-likeness (QED) is 0.314. The van der Waals surface area contributed by atoms with Gasteiger partial charge >= 0.3 is 0 Å². The number of amides is 2. The highest BCUT2D eigenvalue weighted by atomic mass is 32.2. The van der Waals surface area contributed by atoms with Gasteiger partial charge < -0.3 is 10.2 Å². The highest BCUT2D eigenvalue weighted by Crippen LogP contribution is 2.26. The SMILES string of the molecule is CC[C@@H](C)NC(=O)[C@@H](CC)N(Cc1ccccc1C)C(=O)CN(c1cccc(C)c1)S(=O)(=O)c1ccc(C)cc1. The van der Waals surface area contributed by atoms with Crippen LogP contribution < -0.4 is 9.62 Å². The first-order valence-electron chi connectivity index (χ1n) is 13.8. The highest BCUT2D eigenvalue weighted by molar-refractivity contribution is 7.92. The molecule has 1 N–H and O–H groups in total. The lowest BCUT2D eigenvalue weighted by molar-refractivity contribution is -0.140. The Labute approximate surface area is 239 Å². The number of carbonyl (C=O) groups excluding carboxylic acids is 2. The number of nitrogens with zero attached hydrogens (tertiary/aromatic N) is 2. The molecule has 0 radical (unpaired) electrons. The molecule has 0 aliphatic rings. The van der Waals surface area contributed by atoms with Gasteiger partial charge in [0.15, 0.2) is 0 Å². The topological polar surface area (TPSA) is 86.8 Å². The summed E-state index contributed by atoms with van der Waals surface area (Å²) in [6.45, 7) is 11.2. The minimum atomic E-state index is -4.09. The van der Waals surface area contributed by atoms with E-state index < -0.39 is 28.5 Å². The van der Waals surface area contributed by atoms with Crippen LogP contribution in [0.3, 0.4) is 0 Å². The minimum Gasteiger partial charge on any atom is -0.352 e. The zero-order valence-electron chi connectivity index (χ0n) is 24.3. The molecule has 0 spiro atoms. The van der Waals surface area contributed by atoms with E-state index in [1.54, 1.807) is 42.5 Å². The molecular weight excluding hydrogens is 522 g/mol. The van der Waals surface area contributed by atoms with Gasteiger partial charge in [-0.2, -0.15) is 0 Å². The number of hydrogen-bond donors (Lipinski definition) is 1. The molecule has 0 aliphatic heterocycles. The van der Waals surface area contributed by atoms with E-state index in [9.17, 15) is 18.0 Å². The number of carbonyl (C=O) groups is 2. The van der Waals surface area contributed by atoms with Crippen molar-refractivity contribution in [2.24, 2.45) is 0 Å². The van der Waals surface area contributed by atoms with Crippen molar-refractivity contribution in [1.29, 1.82) is 0 Å². The molecule has 3 aromatic carbocycles. The number of hydrogen-bond acceptors (Lipinski definition) is 4. The smallest absolute Gasteiger partial charge is 0.264 e. The van der Waals surface area contributed by atoms with Crippen molar-refractivity contribution in [2.45, 2.75) is 77.9 Å². The van der Waals surface area contributed by atoms with Gasteiger partial charge in [-0.3, -0.25) is 13.9 Å². The number of benzene rings is 3. The number of sulfonamides is 1. The van der Waals surface area contributed by atoms with Crippen LogP contribution in [0.15, 0.2) is 77.7 Å². The first kappa shape index (κ1) is 30.9. The van der Waals surface area contributed by atoms with E-state index in [1.165, 1.54) is 4.90 Å². The molecule has 0 bridgehead atoms. The average molecular weight is 564 g/mol. The normalized spacial score (nSPS) is 12.8. The summed E-state index contributed by atoms with van der Waals surface area (Å²) in [5, 5.41) is 3.01. The molecule has 8 heteroatoms. The zero-order valence-corrected chi connectivity index (χ0v) is 25.2. The van der Waals surface area contributed by atoms with Crippen LogP contribution in [0, 0.1) is 20.8 Å². The van der Waals surface area contributed by atoms with Crippen LogP contribution in [0.2, 0.25) is 0 Å². The van der Waals surface area contributed by atoms with Crippen LogP contribution in [-0.4, -0.2) is 43.8 Å². The van der Waals surface area contributed by atoms with Crippen LogP contribution in [-0.2, 0) is 26.2 Å². The molecule has 0 aromatic heterocycles. The van der Waals surface area contributed by atoms with Gasteiger partial charge in [-0.15, -0.1) is 0 Å². The Kier molecular flexibility index (Phi) is 10.5. The van der Waals surface area contributed by atoms with E-state index in [1.807, 2.05) is 71.9 Å². The minimum absolute atomic E-state index is 0.0531. The lowest BCUT2D eigenvalue weighted by Gasteiger charge is -2.34. The standard InChI is InChI=1S/C32H41N3O4S/c1-7-26(6)33-32(37)30(8-2)34(21-27-14-10-9-13-25(27)5)31(36)22-35(28-15-11-12-24(4)20-28)40(38,39)29-18-16-23(3)17-19-29/h9-20,26,30H,7-8,21-22H2,1-6H3,(H,33,37)/t26-,30-/m1/s1. The van der Waals surface area contributed by atoms with Crippen molar-refractivity contribution < 1.29 is 18.0 Å². The third-order valence-electron chi connectivity index (χ3n) is 7.17. The Morgan fingerprint density at radius 2 is 1.52 bits per heavy atom. The van der Waals surface area contributed by atoms with Crippen molar-refractivity contribution in [2.75, 3.05) is 10.8 Å². The van der Waals surface area contributed by atoms with Crippen LogP contribution in [0.5, 0.6) is 0 Å². The average Bonchev–Trinajstić information content (AvgIpc) is 2.92. The van der Waals surface area contributed by atoms with Crippen LogP contribution in [0.25, 0.3) is 0 Å². The maximum absolute atomic E-state index is 14.2. The Bertz CT molecular complexity index is 1420. The van der Waals surface area contributed by atoms with E-state index in [-0.39, 0.29) is 23.4 Å². The largest absolute Gasteiger partial charge is 0.352 e. The van der Waals surface area contributed by atoms with Crippen molar-refractivity contribution in [3.05, 3.63) is 95.1 Å². The van der Waals surface area contributed by atoms with E-state index in [2.05, 4.69) is 5.32 Å². The molecule has 7 nitrogen and oxygen atoms in total. The van der Waals surface area contributed by atoms with Gasteiger partial charge in [-0.25, -0.2) is 8.42 Å². The van der Waals surface area contributed by atoms with E-state index in [0.717, 1.165) is 33.0 Å². The van der Waals surface area contributed by atoms with Gasteiger partial charge in [0, 0.05) is 12.6 Å². The second kappa shape index (κ2) is 13.6. The summed E-state index contributed by atoms with van der Waals surface area (Å²) in [4.78, 5) is 29.2. The summed E-state index contributed by atoms with van der Waals surface area (Å²) in [6.07, 6.45) is 1.14. The van der Waals surface area contributed by atoms with Crippen molar-refractivity contribution in [3.8, 4) is 0 Å². The van der Waals surface area contributed by atoms with E-state index in [4.69, 9.17) is 0 Å². The molecule has 2 amide bonds. The van der Waals surface area contributed by atoms with Gasteiger partial charge in [-0.1, -0.05) is 67.9 Å². The Morgan fingerprint density at radius 1 is 0.850 bits per heavy atom. The van der Waals surface area contributed by atoms with Gasteiger partial charge in [0.25, 0.3) is 10.0 Å². The van der Waals surface area contributed by atoms with Crippen molar-refractivity contribution >= 4 is 27.5 Å². The molecule has 0 aliphatic carbocycles. The number of anilines is 1. The Morgan fingerprint density at radius 3 is 2.12 bits per heavy atom. The van der Waals surface area contributed by atoms with Crippen LogP contribution >= 0.6 is 0 Å². The number of aryl methyl sites for hydroxylation is 3. The van der Waals surface area contributed by atoms with Gasteiger partial charge in [0.1, 0.15) is 12.6 Å². The molecule has 40 heavy (non-hydrogen) atoms. The molecule has 3 aromatic rings. The summed E-state index contributed by atoms with van der Waals surface area (Å²) in [6, 6.07) is 20.5. The number of nitrogens with one attached hydrogen (secondary N) is 1. The van der Waals surface area contributed by atoms with Crippen molar-refractivity contribution in [1.82, 2.24) is 10.2 Å². The molecule has 0 saturated heterocycles. The van der Waals surface area contributed by atoms with Gasteiger partial charge in [-0.05, 0) is 81.5 Å². The van der Waals surface area contributed by atoms with Crippen LogP contribution in [0.1, 0.15) is 55.9 Å². The second-order valence-corrected chi connectivity index (χ2v) is 12.2. The summed E-state index contributed by atoms with van der Waals surface area (Å²) in [7, 11) is -4.09. The van der Waals surface area contributed by atoms with E-state index >= 15 is 0 Å². The molecule has 0 saturated carbocycles. The molecular formula is C32H41N3O4S. The third kappa shape index (κ3) is 7.50. The first-order chi connectivity index (χ1) is 19.0. The summed E-state index contributed by atoms with van der Waals surface area (Å²) in [5.41, 5.74) is 4.07. The Hall–Kier alpha value is -3.65. The number of rotatable bonds is 12. The van der Waals surface area contributed by atoms with Gasteiger partial charge in [0.2, 0.25) is 11.8 Å². The molecule has 0 unspecified atom stereocenters. The summed E-state index contributed by atoms with van der Waals surface area (Å²) in [5.74, 6) is -0.700. The Balaban J connectivity index is 2.07. The summed E-state index contributed by atoms with van der Waals surface area (Å²) >= 11 is 0. The highest BCUT2D eigenvalue weighted by Gasteiger charge is 2.34. The molecule has 3 rings (SSSR count). The lowest BCUT2D eigenvalue weighted by Crippen LogP contribution is -2.53. The predicted molar refractivity (Wildman–Crippen MR) is 161 cm³/mol. The van der Waals surface area contributed by atoms with Crippen molar-refractivity contribution in [3.63, 3.8) is 0 Å². The second-order valence-electron chi connectivity index (χ2n) is 10.4. The first-order valence-corrected chi connectivity index (χ1v) is 15.2. The van der Waals surface area contributed by atoms with E-state index in [0.29, 0.717) is 12.1 Å². The molecule has 2 atom stereocenters. The maximum Gasteiger partial charge on any atom is 0.264 e. The fourth-order valence-corrected chi connectivity index (χ4v) is 5.89. The summed E-state index contributed by atoms with van der Waals surface area (Å²) < 4.78 is 29.1. The third-order valence-corrected chi connectivity index (χ3v) is 8.95. The molecule has 214 valence electrons. The lowest BCUT2D eigenvalue weighted by atomic mass is 10.1. The zero-order chi connectivity index (χ0) is 29.4. The monoisotopic (exact) mass is 563 g/mol.